The fourth-order valence-electron chi connectivity index (χ4n) is 1.90. The van der Waals surface area contributed by atoms with E-state index in [-0.39, 0.29) is 11.8 Å². The lowest BCUT2D eigenvalue weighted by Crippen LogP contribution is -2.56. The number of carbonyl (C=O) groups is 2. The molecule has 0 aromatic carbocycles. The van der Waals surface area contributed by atoms with E-state index < -0.39 is 6.04 Å². The topological polar surface area (TPSA) is 88.3 Å². The van der Waals surface area contributed by atoms with Crippen LogP contribution >= 0.6 is 11.3 Å². The first-order valence-electron chi connectivity index (χ1n) is 5.43. The lowest BCUT2D eigenvalue weighted by Gasteiger charge is -2.33. The fraction of sp³-hybridized carbons (Fsp3) is 0.500. The average Bonchev–Trinajstić information content (AvgIpc) is 2.74. The van der Waals surface area contributed by atoms with Gasteiger partial charge in [-0.15, -0.1) is 11.3 Å². The summed E-state index contributed by atoms with van der Waals surface area (Å²) in [5, 5.41) is 4.73. The van der Waals surface area contributed by atoms with Crippen LogP contribution in [0.4, 0.5) is 5.13 Å². The van der Waals surface area contributed by atoms with Crippen molar-refractivity contribution in [3.05, 3.63) is 11.1 Å². The standard InChI is InChI=1S/C10H14N4O2S/c1-2-7-8(15)12-3-4-14(7)9(16)6-5-17-10(11)13-6/h5,7H,2-4H2,1H3,(H2,11,13)(H,12,15). The molecule has 2 rings (SSSR count). The molecule has 7 heteroatoms. The van der Waals surface area contributed by atoms with Gasteiger partial charge in [0, 0.05) is 18.5 Å². The molecule has 1 aromatic rings. The molecule has 6 nitrogen and oxygen atoms in total. The van der Waals surface area contributed by atoms with Crippen LogP contribution in [0.3, 0.4) is 0 Å². The van der Waals surface area contributed by atoms with Gasteiger partial charge in [-0.05, 0) is 6.42 Å². The third-order valence-corrected chi connectivity index (χ3v) is 3.39. The van der Waals surface area contributed by atoms with Crippen LogP contribution in [0.1, 0.15) is 23.8 Å². The third kappa shape index (κ3) is 2.23. The molecule has 1 unspecified atom stereocenters. The first-order chi connectivity index (χ1) is 8.13. The maximum Gasteiger partial charge on any atom is 0.274 e. The summed E-state index contributed by atoms with van der Waals surface area (Å²) in [5.41, 5.74) is 5.82. The van der Waals surface area contributed by atoms with Crippen molar-refractivity contribution in [1.29, 1.82) is 0 Å². The Morgan fingerprint density at radius 1 is 1.76 bits per heavy atom. The summed E-state index contributed by atoms with van der Waals surface area (Å²) in [6.07, 6.45) is 0.594. The van der Waals surface area contributed by atoms with Crippen LogP contribution in [-0.2, 0) is 4.79 Å². The molecule has 0 aliphatic carbocycles. The number of anilines is 1. The lowest BCUT2D eigenvalue weighted by atomic mass is 10.1. The monoisotopic (exact) mass is 254 g/mol. The quantitative estimate of drug-likeness (QED) is 0.782. The normalized spacial score (nSPS) is 20.2. The number of nitrogen functional groups attached to an aromatic ring is 1. The van der Waals surface area contributed by atoms with Crippen molar-refractivity contribution in [3.8, 4) is 0 Å². The van der Waals surface area contributed by atoms with Gasteiger partial charge in [-0.2, -0.15) is 0 Å². The van der Waals surface area contributed by atoms with Crippen LogP contribution in [-0.4, -0.2) is 40.8 Å². The number of nitrogens with zero attached hydrogens (tertiary/aromatic N) is 2. The summed E-state index contributed by atoms with van der Waals surface area (Å²) in [6, 6.07) is -0.404. The Hall–Kier alpha value is -1.63. The third-order valence-electron chi connectivity index (χ3n) is 2.72. The van der Waals surface area contributed by atoms with Gasteiger partial charge >= 0.3 is 0 Å². The van der Waals surface area contributed by atoms with E-state index in [0.717, 1.165) is 0 Å². The van der Waals surface area contributed by atoms with E-state index in [1.165, 1.54) is 11.3 Å². The average molecular weight is 254 g/mol. The summed E-state index contributed by atoms with van der Waals surface area (Å²) in [6.45, 7) is 2.88. The summed E-state index contributed by atoms with van der Waals surface area (Å²) < 4.78 is 0. The minimum atomic E-state index is -0.404. The molecule has 2 amide bonds. The van der Waals surface area contributed by atoms with Crippen molar-refractivity contribution >= 4 is 28.3 Å². The Balaban J connectivity index is 2.20. The molecule has 0 spiro atoms. The van der Waals surface area contributed by atoms with E-state index in [9.17, 15) is 9.59 Å². The predicted molar refractivity (Wildman–Crippen MR) is 64.7 cm³/mol. The molecule has 1 aliphatic heterocycles. The van der Waals surface area contributed by atoms with Crippen molar-refractivity contribution in [3.63, 3.8) is 0 Å². The van der Waals surface area contributed by atoms with Crippen LogP contribution in [0.15, 0.2) is 5.38 Å². The Bertz CT molecular complexity index is 445. The van der Waals surface area contributed by atoms with Gasteiger partial charge in [-0.1, -0.05) is 6.92 Å². The maximum atomic E-state index is 12.2. The van der Waals surface area contributed by atoms with Gasteiger partial charge in [0.1, 0.15) is 11.7 Å². The van der Waals surface area contributed by atoms with Gasteiger partial charge in [-0.3, -0.25) is 9.59 Å². The van der Waals surface area contributed by atoms with Crippen molar-refractivity contribution < 1.29 is 9.59 Å². The molecule has 1 saturated heterocycles. The lowest BCUT2D eigenvalue weighted by molar-refractivity contribution is -0.127. The molecular formula is C10H14N4O2S. The highest BCUT2D eigenvalue weighted by atomic mass is 32.1. The number of nitrogens with two attached hydrogens (primary N) is 1. The second-order valence-electron chi connectivity index (χ2n) is 3.78. The van der Waals surface area contributed by atoms with Crippen molar-refractivity contribution in [1.82, 2.24) is 15.2 Å². The number of aromatic nitrogens is 1. The molecule has 17 heavy (non-hydrogen) atoms. The van der Waals surface area contributed by atoms with Crippen molar-refractivity contribution in [2.24, 2.45) is 0 Å². The highest BCUT2D eigenvalue weighted by Gasteiger charge is 2.32. The molecule has 1 fully saturated rings. The summed E-state index contributed by atoms with van der Waals surface area (Å²) in [4.78, 5) is 29.3. The first kappa shape index (κ1) is 11.8. The van der Waals surface area contributed by atoms with Crippen molar-refractivity contribution in [2.45, 2.75) is 19.4 Å². The largest absolute Gasteiger partial charge is 0.375 e. The molecule has 0 bridgehead atoms. The number of nitrogens with one attached hydrogen (secondary N) is 1. The van der Waals surface area contributed by atoms with Gasteiger partial charge in [0.2, 0.25) is 5.91 Å². The van der Waals surface area contributed by atoms with Crippen LogP contribution in [0, 0.1) is 0 Å². The Morgan fingerprint density at radius 2 is 2.53 bits per heavy atom. The molecule has 1 aromatic heterocycles. The summed E-state index contributed by atoms with van der Waals surface area (Å²) in [5.74, 6) is -0.324. The minimum absolute atomic E-state index is 0.102. The van der Waals surface area contributed by atoms with Crippen LogP contribution in [0.2, 0.25) is 0 Å². The highest BCUT2D eigenvalue weighted by molar-refractivity contribution is 7.13. The molecule has 0 saturated carbocycles. The first-order valence-corrected chi connectivity index (χ1v) is 6.31. The van der Waals surface area contributed by atoms with E-state index in [4.69, 9.17) is 5.73 Å². The SMILES string of the molecule is CCC1C(=O)NCCN1C(=O)c1csc(N)n1. The maximum absolute atomic E-state index is 12.2. The van der Waals surface area contributed by atoms with Gasteiger partial charge in [-0.25, -0.2) is 4.98 Å². The molecule has 2 heterocycles. The fourth-order valence-corrected chi connectivity index (χ4v) is 2.43. The highest BCUT2D eigenvalue weighted by Crippen LogP contribution is 2.16. The molecule has 0 radical (unpaired) electrons. The van der Waals surface area contributed by atoms with Crippen molar-refractivity contribution in [2.75, 3.05) is 18.8 Å². The second kappa shape index (κ2) is 4.70. The van der Waals surface area contributed by atoms with Gasteiger partial charge in [0.05, 0.1) is 0 Å². The van der Waals surface area contributed by atoms with E-state index in [2.05, 4.69) is 10.3 Å². The second-order valence-corrected chi connectivity index (χ2v) is 4.67. The Kier molecular flexibility index (Phi) is 3.28. The smallest absolute Gasteiger partial charge is 0.274 e. The molecular weight excluding hydrogens is 240 g/mol. The summed E-state index contributed by atoms with van der Waals surface area (Å²) >= 11 is 1.22. The van der Waals surface area contributed by atoms with Crippen LogP contribution < -0.4 is 11.1 Å². The molecule has 1 aliphatic rings. The van der Waals surface area contributed by atoms with Crippen LogP contribution in [0.5, 0.6) is 0 Å². The number of hydrogen-bond acceptors (Lipinski definition) is 5. The van der Waals surface area contributed by atoms with Gasteiger partial charge < -0.3 is 16.0 Å². The zero-order chi connectivity index (χ0) is 12.4. The molecule has 92 valence electrons. The Labute approximate surface area is 103 Å². The summed E-state index contributed by atoms with van der Waals surface area (Å²) in [7, 11) is 0. The van der Waals surface area contributed by atoms with Gasteiger partial charge in [0.15, 0.2) is 5.13 Å². The Morgan fingerprint density at radius 3 is 3.12 bits per heavy atom. The number of thiazole rings is 1. The van der Waals surface area contributed by atoms with E-state index in [1.54, 1.807) is 10.3 Å². The number of rotatable bonds is 2. The molecule has 3 N–H and O–H groups in total. The van der Waals surface area contributed by atoms with Crippen LogP contribution in [0.25, 0.3) is 0 Å². The zero-order valence-corrected chi connectivity index (χ0v) is 10.3. The zero-order valence-electron chi connectivity index (χ0n) is 9.47. The predicted octanol–water partition coefficient (Wildman–Crippen LogP) is 0.0759. The number of hydrogen-bond donors (Lipinski definition) is 2. The number of amides is 2. The van der Waals surface area contributed by atoms with E-state index >= 15 is 0 Å². The number of piperazine rings is 1. The minimum Gasteiger partial charge on any atom is -0.375 e. The van der Waals surface area contributed by atoms with E-state index in [0.29, 0.717) is 30.3 Å². The molecule has 1 atom stereocenters. The number of carbonyl (C=O) groups excluding carboxylic acids is 2. The van der Waals surface area contributed by atoms with Gasteiger partial charge in [0.25, 0.3) is 5.91 Å². The van der Waals surface area contributed by atoms with E-state index in [1.807, 2.05) is 6.92 Å².